The van der Waals surface area contributed by atoms with E-state index >= 15 is 0 Å². The topological polar surface area (TPSA) is 56.3 Å². The minimum Gasteiger partial charge on any atom is -0.226 e. The van der Waals surface area contributed by atoms with E-state index in [1.54, 1.807) is 18.2 Å². The quantitative estimate of drug-likeness (QED) is 0.119. The first-order valence-electron chi connectivity index (χ1n) is 12.1. The van der Waals surface area contributed by atoms with E-state index in [2.05, 4.69) is 9.69 Å². The molecule has 0 saturated carbocycles. The number of allylic oxidation sites excluding steroid dienone is 2. The monoisotopic (exact) mass is 540 g/mol. The fourth-order valence-electron chi connectivity index (χ4n) is 5.56. The van der Waals surface area contributed by atoms with Gasteiger partial charge in [-0.15, -0.1) is 0 Å². The maximum Gasteiger partial charge on any atom is 0.419 e. The van der Waals surface area contributed by atoms with Crippen molar-refractivity contribution in [3.63, 3.8) is 0 Å². The van der Waals surface area contributed by atoms with Crippen LogP contribution < -0.4 is 0 Å². The second-order valence-electron chi connectivity index (χ2n) is 9.34. The standard InChI is InChI=1S/C33H12F4N4/c1-40-29(15-38)31-21-6-4-3-5-19(21)22-13-26-23(14-25(22)31)20-9-7-17(11-24(20)32(26)30(16-39)41-2)18-8-10-28(34)27(12-18)33(35,36)37/h3-14H/b31-29-,32-30+. The largest absolute Gasteiger partial charge is 0.419 e. The number of hydrogen-bond donors (Lipinski definition) is 0. The molecule has 0 saturated heterocycles. The minimum atomic E-state index is -4.88. The molecule has 2 aliphatic rings. The van der Waals surface area contributed by atoms with Crippen LogP contribution in [-0.4, -0.2) is 0 Å². The second-order valence-corrected chi connectivity index (χ2v) is 9.34. The molecule has 0 radical (unpaired) electrons. The Morgan fingerprint density at radius 3 is 1.66 bits per heavy atom. The number of alkyl halides is 3. The summed E-state index contributed by atoms with van der Waals surface area (Å²) in [5.74, 6) is -1.38. The third kappa shape index (κ3) is 3.71. The number of nitriles is 2. The molecule has 4 aromatic carbocycles. The number of fused-ring (bicyclic) bond motifs is 6. The van der Waals surface area contributed by atoms with E-state index in [1.807, 2.05) is 48.5 Å². The lowest BCUT2D eigenvalue weighted by Gasteiger charge is -2.12. The predicted molar refractivity (Wildman–Crippen MR) is 144 cm³/mol. The zero-order valence-electron chi connectivity index (χ0n) is 20.7. The van der Waals surface area contributed by atoms with Crippen molar-refractivity contribution in [2.24, 2.45) is 0 Å². The van der Waals surface area contributed by atoms with Crippen molar-refractivity contribution in [2.75, 3.05) is 0 Å². The number of halogens is 4. The fraction of sp³-hybridized carbons (Fsp3) is 0.0303. The third-order valence-electron chi connectivity index (χ3n) is 7.28. The normalized spacial score (nSPS) is 14.8. The molecule has 192 valence electrons. The highest BCUT2D eigenvalue weighted by molar-refractivity contribution is 6.11. The minimum absolute atomic E-state index is 0.0730. The van der Waals surface area contributed by atoms with Crippen molar-refractivity contribution in [1.82, 2.24) is 0 Å². The summed E-state index contributed by atoms with van der Waals surface area (Å²) in [4.78, 5) is 6.87. The Bertz CT molecular complexity index is 2060. The van der Waals surface area contributed by atoms with Crippen LogP contribution in [0.5, 0.6) is 0 Å². The summed E-state index contributed by atoms with van der Waals surface area (Å²) in [5, 5.41) is 19.5. The molecule has 0 aromatic heterocycles. The lowest BCUT2D eigenvalue weighted by Crippen LogP contribution is -2.08. The van der Waals surface area contributed by atoms with Crippen LogP contribution in [0.15, 0.2) is 84.2 Å². The number of nitrogens with zero attached hydrogens (tertiary/aromatic N) is 4. The second kappa shape index (κ2) is 9.06. The molecule has 4 aromatic rings. The highest BCUT2D eigenvalue weighted by atomic mass is 19.4. The van der Waals surface area contributed by atoms with Gasteiger partial charge in [0.2, 0.25) is 0 Å². The van der Waals surface area contributed by atoms with Crippen molar-refractivity contribution >= 4 is 11.1 Å². The summed E-state index contributed by atoms with van der Waals surface area (Å²) in [6.45, 7) is 15.2. The molecular weight excluding hydrogens is 528 g/mol. The number of hydrogen-bond acceptors (Lipinski definition) is 2. The Kier molecular flexibility index (Phi) is 5.60. The molecule has 0 bridgehead atoms. The van der Waals surface area contributed by atoms with Gasteiger partial charge in [-0.25, -0.2) is 24.6 Å². The molecule has 6 rings (SSSR count). The average Bonchev–Trinajstić information content (AvgIpc) is 3.45. The highest BCUT2D eigenvalue weighted by Crippen LogP contribution is 2.54. The summed E-state index contributed by atoms with van der Waals surface area (Å²) in [5.41, 5.74) is 4.86. The van der Waals surface area contributed by atoms with E-state index in [-0.39, 0.29) is 17.0 Å². The molecule has 0 amide bonds. The zero-order valence-corrected chi connectivity index (χ0v) is 20.7. The first kappa shape index (κ1) is 25.3. The molecule has 41 heavy (non-hydrogen) atoms. The molecule has 0 heterocycles. The maximum atomic E-state index is 14.0. The molecule has 0 spiro atoms. The van der Waals surface area contributed by atoms with E-state index in [4.69, 9.17) is 13.1 Å². The Morgan fingerprint density at radius 2 is 1.10 bits per heavy atom. The molecule has 0 fully saturated rings. The van der Waals surface area contributed by atoms with Gasteiger partial charge >= 0.3 is 6.18 Å². The van der Waals surface area contributed by atoms with Crippen LogP contribution in [0.3, 0.4) is 0 Å². The molecular formula is C33H12F4N4. The Morgan fingerprint density at radius 1 is 0.610 bits per heavy atom. The summed E-state index contributed by atoms with van der Waals surface area (Å²) in [7, 11) is 0. The summed E-state index contributed by atoms with van der Waals surface area (Å²) < 4.78 is 54.2. The Balaban J connectivity index is 1.63. The van der Waals surface area contributed by atoms with Gasteiger partial charge in [0.25, 0.3) is 11.4 Å². The van der Waals surface area contributed by atoms with E-state index in [0.29, 0.717) is 44.5 Å². The molecule has 0 atom stereocenters. The van der Waals surface area contributed by atoms with Crippen LogP contribution in [0.1, 0.15) is 27.8 Å². The van der Waals surface area contributed by atoms with Crippen molar-refractivity contribution in [1.29, 1.82) is 10.5 Å². The SMILES string of the molecule is [C-]#[N+]/C(C#N)=C1/c2ccccc2-c2cc3c(cc21)-c1ccc(-c2ccc(F)c(C(F)(F)F)c2)cc1/C3=C(/C#N)[N+]#[C-]. The lowest BCUT2D eigenvalue weighted by molar-refractivity contribution is -0.139. The Labute approximate surface area is 231 Å². The summed E-state index contributed by atoms with van der Waals surface area (Å²) >= 11 is 0. The van der Waals surface area contributed by atoms with Crippen LogP contribution in [-0.2, 0) is 6.18 Å². The van der Waals surface area contributed by atoms with Crippen molar-refractivity contribution in [2.45, 2.75) is 6.18 Å². The molecule has 4 nitrogen and oxygen atoms in total. The van der Waals surface area contributed by atoms with Gasteiger partial charge in [-0.05, 0) is 86.0 Å². The highest BCUT2D eigenvalue weighted by Gasteiger charge is 2.35. The third-order valence-corrected chi connectivity index (χ3v) is 7.28. The van der Waals surface area contributed by atoms with Crippen LogP contribution in [0, 0.1) is 41.6 Å². The van der Waals surface area contributed by atoms with Crippen LogP contribution in [0.25, 0.3) is 54.2 Å². The predicted octanol–water partition coefficient (Wildman–Crippen LogP) is 8.88. The van der Waals surface area contributed by atoms with Gasteiger partial charge in [0, 0.05) is 11.1 Å². The number of rotatable bonds is 1. The van der Waals surface area contributed by atoms with Gasteiger partial charge in [-0.1, -0.05) is 42.5 Å². The summed E-state index contributed by atoms with van der Waals surface area (Å²) in [6, 6.07) is 22.5. The number of benzene rings is 4. The first-order chi connectivity index (χ1) is 19.7. The van der Waals surface area contributed by atoms with E-state index < -0.39 is 17.6 Å². The van der Waals surface area contributed by atoms with Gasteiger partial charge in [-0.2, -0.15) is 13.2 Å². The molecule has 2 aliphatic carbocycles. The van der Waals surface area contributed by atoms with Crippen molar-refractivity contribution in [3.05, 3.63) is 141 Å². The molecule has 0 N–H and O–H groups in total. The summed E-state index contributed by atoms with van der Waals surface area (Å²) in [6.07, 6.45) is -4.88. The van der Waals surface area contributed by atoms with Gasteiger partial charge in [0.15, 0.2) is 0 Å². The Hall–Kier alpha value is -5.96. The van der Waals surface area contributed by atoms with Crippen LogP contribution in [0.4, 0.5) is 17.6 Å². The lowest BCUT2D eigenvalue weighted by atomic mass is 9.95. The molecule has 0 aliphatic heterocycles. The molecule has 8 heteroatoms. The first-order valence-corrected chi connectivity index (χ1v) is 12.1. The smallest absolute Gasteiger partial charge is 0.226 e. The van der Waals surface area contributed by atoms with Gasteiger partial charge in [0.1, 0.15) is 5.82 Å². The van der Waals surface area contributed by atoms with E-state index in [9.17, 15) is 28.1 Å². The molecule has 0 unspecified atom stereocenters. The van der Waals surface area contributed by atoms with Gasteiger partial charge in [-0.3, -0.25) is 0 Å². The van der Waals surface area contributed by atoms with Crippen molar-refractivity contribution in [3.8, 4) is 45.5 Å². The zero-order chi connectivity index (χ0) is 29.1. The maximum absolute atomic E-state index is 14.0. The van der Waals surface area contributed by atoms with Crippen LogP contribution >= 0.6 is 0 Å². The van der Waals surface area contributed by atoms with E-state index in [0.717, 1.165) is 28.8 Å². The van der Waals surface area contributed by atoms with Gasteiger partial charge in [0.05, 0.1) is 30.8 Å². The average molecular weight is 540 g/mol. The van der Waals surface area contributed by atoms with Crippen molar-refractivity contribution < 1.29 is 17.6 Å². The van der Waals surface area contributed by atoms with E-state index in [1.165, 1.54) is 6.07 Å². The van der Waals surface area contributed by atoms with Crippen LogP contribution in [0.2, 0.25) is 0 Å². The fourth-order valence-corrected chi connectivity index (χ4v) is 5.56. The van der Waals surface area contributed by atoms with Gasteiger partial charge < -0.3 is 0 Å².